The van der Waals surface area contributed by atoms with E-state index < -0.39 is 6.92 Å². The van der Waals surface area contributed by atoms with E-state index in [0.717, 1.165) is 12.0 Å². The van der Waals surface area contributed by atoms with E-state index in [0.29, 0.717) is 0 Å². The molecule has 0 spiro atoms. The molecule has 1 aromatic rings. The number of hydrogen-bond donors (Lipinski definition) is 1. The lowest BCUT2D eigenvalue weighted by atomic mass is 9.62. The van der Waals surface area contributed by atoms with Crippen LogP contribution in [0.2, 0.25) is 6.82 Å². The molecule has 0 bridgehead atoms. The van der Waals surface area contributed by atoms with Gasteiger partial charge in [0.2, 0.25) is 0 Å². The van der Waals surface area contributed by atoms with Gasteiger partial charge in [0, 0.05) is 6.54 Å². The zero-order valence-corrected chi connectivity index (χ0v) is 11.9. The van der Waals surface area contributed by atoms with Crippen LogP contribution in [0.4, 0.5) is 0 Å². The quantitative estimate of drug-likeness (QED) is 0.805. The molecule has 0 amide bonds. The fourth-order valence-electron chi connectivity index (χ4n) is 1.96. The van der Waals surface area contributed by atoms with Crippen LogP contribution in [0.15, 0.2) is 18.2 Å². The summed E-state index contributed by atoms with van der Waals surface area (Å²) in [6.45, 7) is 8.92. The average Bonchev–Trinajstić information content (AvgIpc) is 2.14. The molecule has 1 N–H and O–H groups in total. The van der Waals surface area contributed by atoms with Crippen LogP contribution < -0.4 is 5.46 Å². The predicted octanol–water partition coefficient (Wildman–Crippen LogP) is 1.87. The highest BCUT2D eigenvalue weighted by molar-refractivity contribution is 6.65. The van der Waals surface area contributed by atoms with Crippen LogP contribution in [-0.4, -0.2) is 30.9 Å². The molecule has 1 aromatic carbocycles. The third-order valence-electron chi connectivity index (χ3n) is 2.95. The summed E-state index contributed by atoms with van der Waals surface area (Å²) in [5.41, 5.74) is 3.72. The van der Waals surface area contributed by atoms with Gasteiger partial charge in [-0.1, -0.05) is 45.8 Å². The normalized spacial score (nSPS) is 12.0. The van der Waals surface area contributed by atoms with Gasteiger partial charge in [0.1, 0.15) is 0 Å². The molecule has 0 heterocycles. The first kappa shape index (κ1) is 14.3. The van der Waals surface area contributed by atoms with Gasteiger partial charge in [0.15, 0.2) is 0 Å². The monoisotopic (exact) mass is 233 g/mol. The summed E-state index contributed by atoms with van der Waals surface area (Å²) in [6, 6.07) is 6.41. The minimum absolute atomic E-state index is 0.151. The molecule has 0 atom stereocenters. The highest BCUT2D eigenvalue weighted by Crippen LogP contribution is 2.22. The van der Waals surface area contributed by atoms with Crippen LogP contribution >= 0.6 is 0 Å². The Morgan fingerprint density at radius 2 is 1.82 bits per heavy atom. The molecule has 0 aromatic heterocycles. The molecule has 0 aliphatic carbocycles. The first-order valence-electron chi connectivity index (χ1n) is 6.18. The maximum absolute atomic E-state index is 9.79. The Labute approximate surface area is 106 Å². The number of nitrogens with zero attached hydrogens (tertiary/aromatic N) is 1. The van der Waals surface area contributed by atoms with Crippen molar-refractivity contribution in [2.45, 2.75) is 39.6 Å². The van der Waals surface area contributed by atoms with Crippen molar-refractivity contribution < 1.29 is 5.02 Å². The average molecular weight is 233 g/mol. The van der Waals surface area contributed by atoms with Crippen molar-refractivity contribution in [2.24, 2.45) is 0 Å². The van der Waals surface area contributed by atoms with Gasteiger partial charge in [0.25, 0.3) is 0 Å². The van der Waals surface area contributed by atoms with Crippen LogP contribution in [0.5, 0.6) is 0 Å². The Morgan fingerprint density at radius 3 is 2.24 bits per heavy atom. The van der Waals surface area contributed by atoms with Crippen molar-refractivity contribution >= 4 is 12.4 Å². The van der Waals surface area contributed by atoms with Gasteiger partial charge in [-0.3, -0.25) is 0 Å². The van der Waals surface area contributed by atoms with Gasteiger partial charge in [0.05, 0.1) is 0 Å². The Bertz CT molecular complexity index is 380. The molecule has 0 fully saturated rings. The molecule has 0 unspecified atom stereocenters. The van der Waals surface area contributed by atoms with E-state index >= 15 is 0 Å². The number of rotatable bonds is 3. The molecule has 17 heavy (non-hydrogen) atoms. The fraction of sp³-hybridized carbons (Fsp3) is 0.571. The predicted molar refractivity (Wildman–Crippen MR) is 76.0 cm³/mol. The first-order chi connectivity index (χ1) is 7.71. The summed E-state index contributed by atoms with van der Waals surface area (Å²) in [4.78, 5) is 2.13. The van der Waals surface area contributed by atoms with Crippen LogP contribution in [0.1, 0.15) is 31.9 Å². The molecular weight excluding hydrogens is 209 g/mol. The maximum Gasteiger partial charge on any atom is 0.320 e. The van der Waals surface area contributed by atoms with Crippen molar-refractivity contribution in [1.82, 2.24) is 4.90 Å². The zero-order chi connectivity index (χ0) is 13.2. The second kappa shape index (κ2) is 5.24. The highest BCUT2D eigenvalue weighted by Gasteiger charge is 2.18. The van der Waals surface area contributed by atoms with Gasteiger partial charge in [-0.25, -0.2) is 0 Å². The Kier molecular flexibility index (Phi) is 4.39. The van der Waals surface area contributed by atoms with Crippen molar-refractivity contribution in [3.05, 3.63) is 29.3 Å². The maximum atomic E-state index is 9.79. The molecular formula is C14H24BNO. The minimum atomic E-state index is -0.404. The lowest BCUT2D eigenvalue weighted by Crippen LogP contribution is -2.32. The van der Waals surface area contributed by atoms with Gasteiger partial charge < -0.3 is 9.92 Å². The van der Waals surface area contributed by atoms with Gasteiger partial charge >= 0.3 is 6.92 Å². The SMILES string of the molecule is CB(O)c1ccc(C(C)(C)C)cc1CN(C)C. The third kappa shape index (κ3) is 3.86. The van der Waals surface area contributed by atoms with Crippen molar-refractivity contribution in [1.29, 1.82) is 0 Å². The second-order valence-corrected chi connectivity index (χ2v) is 6.08. The van der Waals surface area contributed by atoms with Crippen molar-refractivity contribution in [3.8, 4) is 0 Å². The Balaban J connectivity index is 3.19. The summed E-state index contributed by atoms with van der Waals surface area (Å²) in [7, 11) is 4.10. The number of hydrogen-bond acceptors (Lipinski definition) is 2. The van der Waals surface area contributed by atoms with Crippen LogP contribution in [-0.2, 0) is 12.0 Å². The summed E-state index contributed by atoms with van der Waals surface area (Å²) in [5.74, 6) is 0. The standard InChI is InChI=1S/C14H24BNO/c1-14(2,3)12-7-8-13(15(4)17)11(9-12)10-16(5)6/h7-9,17H,10H2,1-6H3. The van der Waals surface area contributed by atoms with Crippen LogP contribution in [0, 0.1) is 0 Å². The van der Waals surface area contributed by atoms with Crippen molar-refractivity contribution in [2.75, 3.05) is 14.1 Å². The smallest absolute Gasteiger partial charge is 0.320 e. The Hall–Kier alpha value is -0.795. The molecule has 3 heteroatoms. The molecule has 0 aliphatic rings. The van der Waals surface area contributed by atoms with E-state index in [9.17, 15) is 5.02 Å². The molecule has 2 nitrogen and oxygen atoms in total. The molecule has 0 aliphatic heterocycles. The summed E-state index contributed by atoms with van der Waals surface area (Å²) < 4.78 is 0. The molecule has 0 saturated carbocycles. The van der Waals surface area contributed by atoms with Crippen molar-refractivity contribution in [3.63, 3.8) is 0 Å². The van der Waals surface area contributed by atoms with E-state index in [1.165, 1.54) is 11.1 Å². The first-order valence-corrected chi connectivity index (χ1v) is 6.18. The summed E-state index contributed by atoms with van der Waals surface area (Å²) >= 11 is 0. The topological polar surface area (TPSA) is 23.5 Å². The lowest BCUT2D eigenvalue weighted by molar-refractivity contribution is 0.402. The minimum Gasteiger partial charge on any atom is -0.446 e. The van der Waals surface area contributed by atoms with Gasteiger partial charge in [-0.05, 0) is 36.1 Å². The number of benzene rings is 1. The van der Waals surface area contributed by atoms with Gasteiger partial charge in [-0.15, -0.1) is 0 Å². The van der Waals surface area contributed by atoms with E-state index in [2.05, 4.69) is 58.0 Å². The highest BCUT2D eigenvalue weighted by atomic mass is 16.2. The van der Waals surface area contributed by atoms with Crippen LogP contribution in [0.3, 0.4) is 0 Å². The van der Waals surface area contributed by atoms with E-state index in [1.54, 1.807) is 0 Å². The molecule has 94 valence electrons. The second-order valence-electron chi connectivity index (χ2n) is 6.08. The van der Waals surface area contributed by atoms with E-state index in [4.69, 9.17) is 0 Å². The summed E-state index contributed by atoms with van der Waals surface area (Å²) in [6.07, 6.45) is 0. The van der Waals surface area contributed by atoms with E-state index in [-0.39, 0.29) is 5.41 Å². The lowest BCUT2D eigenvalue weighted by Gasteiger charge is -2.23. The molecule has 1 rings (SSSR count). The van der Waals surface area contributed by atoms with Gasteiger partial charge in [-0.2, -0.15) is 0 Å². The summed E-state index contributed by atoms with van der Waals surface area (Å²) in [5, 5.41) is 9.79. The Morgan fingerprint density at radius 1 is 1.24 bits per heavy atom. The van der Waals surface area contributed by atoms with E-state index in [1.807, 2.05) is 6.82 Å². The largest absolute Gasteiger partial charge is 0.446 e. The zero-order valence-electron chi connectivity index (χ0n) is 11.9. The van der Waals surface area contributed by atoms with Crippen LogP contribution in [0.25, 0.3) is 0 Å². The third-order valence-corrected chi connectivity index (χ3v) is 2.95. The molecule has 0 radical (unpaired) electrons. The molecule has 0 saturated heterocycles. The fourth-order valence-corrected chi connectivity index (χ4v) is 1.96.